The number of aryl methyl sites for hydroxylation is 2. The molecule has 0 atom stereocenters. The third-order valence-corrected chi connectivity index (χ3v) is 5.60. The zero-order valence-corrected chi connectivity index (χ0v) is 18.3. The summed E-state index contributed by atoms with van der Waals surface area (Å²) in [6.45, 7) is 4.76. The van der Waals surface area contributed by atoms with Gasteiger partial charge in [0.15, 0.2) is 11.3 Å². The van der Waals surface area contributed by atoms with Crippen LogP contribution in [-0.4, -0.2) is 60.8 Å². The predicted octanol–water partition coefficient (Wildman–Crippen LogP) is 3.02. The summed E-state index contributed by atoms with van der Waals surface area (Å²) >= 11 is 0. The van der Waals surface area contributed by atoms with E-state index >= 15 is 0 Å². The van der Waals surface area contributed by atoms with Gasteiger partial charge in [-0.05, 0) is 19.1 Å². The third-order valence-electron chi connectivity index (χ3n) is 5.60. The van der Waals surface area contributed by atoms with E-state index in [2.05, 4.69) is 34.0 Å². The summed E-state index contributed by atoms with van der Waals surface area (Å²) in [5, 5.41) is 8.94. The molecule has 1 aliphatic heterocycles. The van der Waals surface area contributed by atoms with Crippen LogP contribution in [-0.2, 0) is 11.8 Å². The lowest BCUT2D eigenvalue weighted by atomic mass is 10.1. The lowest BCUT2D eigenvalue weighted by molar-refractivity contribution is 0.122. The van der Waals surface area contributed by atoms with Gasteiger partial charge in [0.2, 0.25) is 5.89 Å². The number of hydrogen-bond acceptors (Lipinski definition) is 8. The zero-order valence-electron chi connectivity index (χ0n) is 18.3. The van der Waals surface area contributed by atoms with Gasteiger partial charge in [0, 0.05) is 38.1 Å². The van der Waals surface area contributed by atoms with Crippen molar-refractivity contribution >= 4 is 17.0 Å². The summed E-state index contributed by atoms with van der Waals surface area (Å²) in [5.74, 6) is 1.60. The van der Waals surface area contributed by atoms with Gasteiger partial charge in [-0.3, -0.25) is 4.68 Å². The van der Waals surface area contributed by atoms with Crippen molar-refractivity contribution in [3.8, 4) is 28.7 Å². The van der Waals surface area contributed by atoms with Gasteiger partial charge in [-0.15, -0.1) is 0 Å². The van der Waals surface area contributed by atoms with Gasteiger partial charge in [0.1, 0.15) is 0 Å². The van der Waals surface area contributed by atoms with Crippen LogP contribution in [0.25, 0.3) is 39.9 Å². The summed E-state index contributed by atoms with van der Waals surface area (Å²) in [7, 11) is 1.85. The molecule has 10 heteroatoms. The van der Waals surface area contributed by atoms with Crippen LogP contribution in [0.5, 0.6) is 0 Å². The maximum absolute atomic E-state index is 6.05. The summed E-state index contributed by atoms with van der Waals surface area (Å²) in [6, 6.07) is 10.2. The van der Waals surface area contributed by atoms with E-state index in [1.807, 2.05) is 37.6 Å². The molecule has 1 aliphatic rings. The summed E-state index contributed by atoms with van der Waals surface area (Å²) in [4.78, 5) is 16.4. The molecule has 4 aromatic heterocycles. The van der Waals surface area contributed by atoms with E-state index in [4.69, 9.17) is 24.2 Å². The van der Waals surface area contributed by atoms with Crippen molar-refractivity contribution in [2.24, 2.45) is 7.05 Å². The van der Waals surface area contributed by atoms with E-state index in [9.17, 15) is 0 Å². The minimum Gasteiger partial charge on any atom is -0.417 e. The Morgan fingerprint density at radius 3 is 2.67 bits per heavy atom. The summed E-state index contributed by atoms with van der Waals surface area (Å²) < 4.78 is 15.0. The highest BCUT2D eigenvalue weighted by molar-refractivity contribution is 5.84. The molecule has 6 rings (SSSR count). The second-order valence-electron chi connectivity index (χ2n) is 8.04. The molecule has 1 fully saturated rings. The molecule has 0 radical (unpaired) electrons. The van der Waals surface area contributed by atoms with Crippen LogP contribution in [0.3, 0.4) is 0 Å². The Morgan fingerprint density at radius 1 is 1.00 bits per heavy atom. The number of morpholine rings is 1. The van der Waals surface area contributed by atoms with Crippen LogP contribution in [0.15, 0.2) is 53.3 Å². The second-order valence-corrected chi connectivity index (χ2v) is 8.04. The topological polar surface area (TPSA) is 99.9 Å². The highest BCUT2D eigenvalue weighted by Gasteiger charge is 2.23. The summed E-state index contributed by atoms with van der Waals surface area (Å²) in [5.41, 5.74) is 4.88. The normalized spacial score (nSPS) is 14.3. The Balaban J connectivity index is 1.47. The first-order valence-corrected chi connectivity index (χ1v) is 10.8. The lowest BCUT2D eigenvalue weighted by Crippen LogP contribution is -2.37. The zero-order chi connectivity index (χ0) is 22.4. The first-order valence-electron chi connectivity index (χ1n) is 10.8. The van der Waals surface area contributed by atoms with Gasteiger partial charge >= 0.3 is 0 Å². The minimum absolute atomic E-state index is 0.410. The lowest BCUT2D eigenvalue weighted by Gasteiger charge is -2.27. The van der Waals surface area contributed by atoms with Gasteiger partial charge in [-0.2, -0.15) is 20.2 Å². The number of rotatable bonds is 4. The van der Waals surface area contributed by atoms with Gasteiger partial charge in [-0.1, -0.05) is 23.8 Å². The molecule has 0 unspecified atom stereocenters. The Hall–Kier alpha value is -4.05. The van der Waals surface area contributed by atoms with Crippen molar-refractivity contribution in [1.82, 2.24) is 34.5 Å². The monoisotopic (exact) mass is 442 g/mol. The predicted molar refractivity (Wildman–Crippen MR) is 122 cm³/mol. The molecule has 1 aromatic carbocycles. The van der Waals surface area contributed by atoms with E-state index in [-0.39, 0.29) is 0 Å². The van der Waals surface area contributed by atoms with Gasteiger partial charge in [0.05, 0.1) is 30.7 Å². The van der Waals surface area contributed by atoms with Crippen molar-refractivity contribution in [2.75, 3.05) is 31.2 Å². The molecule has 5 aromatic rings. The third kappa shape index (κ3) is 3.64. The highest BCUT2D eigenvalue weighted by Crippen LogP contribution is 2.30. The van der Waals surface area contributed by atoms with Crippen molar-refractivity contribution in [1.29, 1.82) is 0 Å². The molecule has 33 heavy (non-hydrogen) atoms. The molecule has 0 bridgehead atoms. The molecule has 1 saturated heterocycles. The fraction of sp³-hybridized carbons (Fsp3) is 0.261. The second kappa shape index (κ2) is 7.82. The molecular weight excluding hydrogens is 420 g/mol. The largest absolute Gasteiger partial charge is 0.417 e. The van der Waals surface area contributed by atoms with Crippen LogP contribution in [0.2, 0.25) is 0 Å². The number of benzene rings is 1. The summed E-state index contributed by atoms with van der Waals surface area (Å²) in [6.07, 6.45) is 5.44. The van der Waals surface area contributed by atoms with Crippen LogP contribution < -0.4 is 4.90 Å². The van der Waals surface area contributed by atoms with Gasteiger partial charge < -0.3 is 14.1 Å². The minimum atomic E-state index is 0.410. The van der Waals surface area contributed by atoms with Crippen LogP contribution in [0.1, 0.15) is 5.56 Å². The number of fused-ring (bicyclic) bond motifs is 1. The van der Waals surface area contributed by atoms with Gasteiger partial charge in [-0.25, -0.2) is 9.67 Å². The van der Waals surface area contributed by atoms with E-state index < -0.39 is 0 Å². The number of anilines is 1. The van der Waals surface area contributed by atoms with Crippen molar-refractivity contribution in [3.05, 3.63) is 54.5 Å². The highest BCUT2D eigenvalue weighted by atomic mass is 16.5. The average molecular weight is 442 g/mol. The molecule has 0 N–H and O–H groups in total. The first kappa shape index (κ1) is 19.6. The molecule has 0 spiro atoms. The van der Waals surface area contributed by atoms with E-state index in [0.717, 1.165) is 16.8 Å². The van der Waals surface area contributed by atoms with E-state index in [1.54, 1.807) is 15.6 Å². The molecule has 10 nitrogen and oxygen atoms in total. The number of oxazole rings is 1. The number of ether oxygens (including phenoxy) is 1. The van der Waals surface area contributed by atoms with Crippen molar-refractivity contribution in [3.63, 3.8) is 0 Å². The van der Waals surface area contributed by atoms with Crippen molar-refractivity contribution in [2.45, 2.75) is 6.92 Å². The molecule has 166 valence electrons. The standard InChI is InChI=1S/C23H22N8O2/c1-15-4-3-5-16(12-15)18-6-7-31(28-18)23-26-20(30-8-10-32-11-9-30)19-22(27-23)33-21(25-19)17-13-24-29(2)14-17/h3-7,12-14H,8-11H2,1-2H3. The first-order chi connectivity index (χ1) is 16.1. The molecule has 0 aliphatic carbocycles. The quantitative estimate of drug-likeness (QED) is 0.419. The van der Waals surface area contributed by atoms with Crippen LogP contribution in [0.4, 0.5) is 5.82 Å². The average Bonchev–Trinajstić information content (AvgIpc) is 3.58. The van der Waals surface area contributed by atoms with Crippen LogP contribution >= 0.6 is 0 Å². The van der Waals surface area contributed by atoms with Gasteiger partial charge in [0.25, 0.3) is 11.7 Å². The SMILES string of the molecule is Cc1cccc(-c2ccn(-c3nc(N4CCOCC4)c4nc(-c5cnn(C)c5)oc4n3)n2)c1. The van der Waals surface area contributed by atoms with E-state index in [0.29, 0.717) is 55.2 Å². The number of hydrogen-bond donors (Lipinski definition) is 0. The Labute approximate surface area is 189 Å². The molecular formula is C23H22N8O2. The smallest absolute Gasteiger partial charge is 0.255 e. The maximum Gasteiger partial charge on any atom is 0.255 e. The Kier molecular flexibility index (Phi) is 4.65. The number of nitrogens with zero attached hydrogens (tertiary/aromatic N) is 8. The number of aromatic nitrogens is 7. The van der Waals surface area contributed by atoms with Crippen molar-refractivity contribution < 1.29 is 9.15 Å². The molecule has 0 saturated carbocycles. The fourth-order valence-corrected chi connectivity index (χ4v) is 3.94. The fourth-order valence-electron chi connectivity index (χ4n) is 3.94. The maximum atomic E-state index is 6.05. The molecule has 5 heterocycles. The van der Waals surface area contributed by atoms with E-state index in [1.165, 1.54) is 5.56 Å². The Bertz CT molecular complexity index is 1440. The van der Waals surface area contributed by atoms with Crippen LogP contribution in [0, 0.1) is 6.92 Å². The molecule has 0 amide bonds. The Morgan fingerprint density at radius 2 is 1.88 bits per heavy atom.